The molecule has 148 valence electrons. The van der Waals surface area contributed by atoms with Crippen LogP contribution in [0.15, 0.2) is 60.7 Å². The van der Waals surface area contributed by atoms with Gasteiger partial charge < -0.3 is 15.2 Å². The molecule has 2 fully saturated rings. The first-order valence-corrected chi connectivity index (χ1v) is 10.1. The van der Waals surface area contributed by atoms with E-state index in [0.29, 0.717) is 34.0 Å². The summed E-state index contributed by atoms with van der Waals surface area (Å²) < 4.78 is 5.76. The van der Waals surface area contributed by atoms with Crippen LogP contribution in [0.5, 0.6) is 11.5 Å². The first-order chi connectivity index (χ1) is 14.0. The highest BCUT2D eigenvalue weighted by molar-refractivity contribution is 6.30. The van der Waals surface area contributed by atoms with Gasteiger partial charge in [-0.2, -0.15) is 0 Å². The average Bonchev–Trinajstić information content (AvgIpc) is 3.51. The van der Waals surface area contributed by atoms with Crippen LogP contribution in [0.3, 0.4) is 0 Å². The Labute approximate surface area is 173 Å². The lowest BCUT2D eigenvalue weighted by Gasteiger charge is -2.41. The smallest absolute Gasteiger partial charge is 0.307 e. The Balaban J connectivity index is 1.29. The molecular weight excluding hydrogens is 390 g/mol. The summed E-state index contributed by atoms with van der Waals surface area (Å²) in [5, 5.41) is 13.2. The van der Waals surface area contributed by atoms with Gasteiger partial charge in [-0.3, -0.25) is 9.59 Å². The fourth-order valence-electron chi connectivity index (χ4n) is 5.07. The Hall–Kier alpha value is -2.79. The molecule has 6 heteroatoms. The highest BCUT2D eigenvalue weighted by atomic mass is 35.5. The maximum Gasteiger partial charge on any atom is 0.307 e. The molecule has 0 aromatic heterocycles. The Morgan fingerprint density at radius 3 is 2.31 bits per heavy atom. The van der Waals surface area contributed by atoms with Gasteiger partial charge in [0, 0.05) is 10.7 Å². The molecule has 2 bridgehead atoms. The summed E-state index contributed by atoms with van der Waals surface area (Å²) in [6, 6.07) is 14.1. The van der Waals surface area contributed by atoms with Crippen LogP contribution in [-0.4, -0.2) is 17.0 Å². The summed E-state index contributed by atoms with van der Waals surface area (Å²) in [5.74, 6) is -0.0959. The fraction of sp³-hybridized carbons (Fsp3) is 0.304. The SMILES string of the molecule is O=C(Nc1ccc(Oc2cccc(Cl)c2)cc1)[C@@H]1[C@H]2C=C[C@H]([C@H]3C[C@H]23)[C@@H]1C(=O)O. The molecule has 0 radical (unpaired) electrons. The van der Waals surface area contributed by atoms with Crippen LogP contribution in [0.25, 0.3) is 0 Å². The van der Waals surface area contributed by atoms with Crippen LogP contribution in [-0.2, 0) is 9.59 Å². The summed E-state index contributed by atoms with van der Waals surface area (Å²) in [4.78, 5) is 24.9. The number of nitrogens with one attached hydrogen (secondary N) is 1. The van der Waals surface area contributed by atoms with Crippen molar-refractivity contribution in [3.8, 4) is 11.5 Å². The lowest BCUT2D eigenvalue weighted by Crippen LogP contribution is -2.48. The molecule has 2 saturated carbocycles. The zero-order valence-corrected chi connectivity index (χ0v) is 16.3. The van der Waals surface area contributed by atoms with E-state index in [2.05, 4.69) is 11.4 Å². The van der Waals surface area contributed by atoms with E-state index < -0.39 is 17.8 Å². The molecule has 4 aliphatic carbocycles. The lowest BCUT2D eigenvalue weighted by atomic mass is 9.62. The van der Waals surface area contributed by atoms with Gasteiger partial charge in [-0.15, -0.1) is 0 Å². The molecule has 1 amide bonds. The molecule has 2 aromatic carbocycles. The van der Waals surface area contributed by atoms with Crippen molar-refractivity contribution in [2.24, 2.45) is 35.5 Å². The van der Waals surface area contributed by atoms with Crippen molar-refractivity contribution >= 4 is 29.2 Å². The standard InChI is InChI=1S/C23H20ClNO4/c24-12-2-1-3-15(10-12)29-14-6-4-13(5-7-14)25-22(26)20-16-8-9-17(19-11-18(16)19)21(20)23(27)28/h1-10,16-21H,11H2,(H,25,26)(H,27,28)/t16-,17+,18+,19+,20+,21-/m0/s1. The normalized spacial score (nSPS) is 31.1. The van der Waals surface area contributed by atoms with Crippen LogP contribution in [0.1, 0.15) is 6.42 Å². The molecule has 2 aromatic rings. The second-order valence-electron chi connectivity index (χ2n) is 8.07. The van der Waals surface area contributed by atoms with E-state index in [1.165, 1.54) is 0 Å². The minimum Gasteiger partial charge on any atom is -0.481 e. The summed E-state index contributed by atoms with van der Waals surface area (Å²) in [7, 11) is 0. The third kappa shape index (κ3) is 3.29. The van der Waals surface area contributed by atoms with Crippen LogP contribution >= 0.6 is 11.6 Å². The van der Waals surface area contributed by atoms with Crippen molar-refractivity contribution in [3.05, 3.63) is 65.7 Å². The zero-order chi connectivity index (χ0) is 20.1. The number of hydrogen-bond donors (Lipinski definition) is 2. The van der Waals surface area contributed by atoms with Gasteiger partial charge >= 0.3 is 5.97 Å². The van der Waals surface area contributed by atoms with Gasteiger partial charge in [0.25, 0.3) is 0 Å². The molecule has 0 saturated heterocycles. The number of carbonyl (C=O) groups excluding carboxylic acids is 1. The van der Waals surface area contributed by atoms with Crippen molar-refractivity contribution in [2.75, 3.05) is 5.32 Å². The van der Waals surface area contributed by atoms with E-state index in [4.69, 9.17) is 16.3 Å². The predicted octanol–water partition coefficient (Wildman–Crippen LogP) is 4.84. The number of carboxylic acids is 1. The fourth-order valence-corrected chi connectivity index (χ4v) is 5.25. The van der Waals surface area contributed by atoms with Crippen LogP contribution < -0.4 is 10.1 Å². The molecule has 0 heterocycles. The molecular formula is C23H20ClNO4. The quantitative estimate of drug-likeness (QED) is 0.693. The summed E-state index contributed by atoms with van der Waals surface area (Å²) in [5.41, 5.74) is 0.621. The van der Waals surface area contributed by atoms with Gasteiger partial charge in [-0.1, -0.05) is 29.8 Å². The highest BCUT2D eigenvalue weighted by Gasteiger charge is 2.62. The number of allylic oxidation sites excluding steroid dienone is 2. The van der Waals surface area contributed by atoms with E-state index >= 15 is 0 Å². The molecule has 29 heavy (non-hydrogen) atoms. The second-order valence-corrected chi connectivity index (χ2v) is 8.50. The van der Waals surface area contributed by atoms with Gasteiger partial charge in [0.15, 0.2) is 0 Å². The van der Waals surface area contributed by atoms with Crippen molar-refractivity contribution < 1.29 is 19.4 Å². The Bertz CT molecular complexity index is 1000. The summed E-state index contributed by atoms with van der Waals surface area (Å²) in [6.07, 6.45) is 5.11. The Morgan fingerprint density at radius 2 is 1.66 bits per heavy atom. The number of hydrogen-bond acceptors (Lipinski definition) is 3. The maximum absolute atomic E-state index is 13.0. The van der Waals surface area contributed by atoms with Gasteiger partial charge in [-0.05, 0) is 72.6 Å². The molecule has 4 aliphatic rings. The first-order valence-electron chi connectivity index (χ1n) is 9.77. The number of anilines is 1. The van der Waals surface area contributed by atoms with Crippen molar-refractivity contribution in [3.63, 3.8) is 0 Å². The maximum atomic E-state index is 13.0. The van der Waals surface area contributed by atoms with Gasteiger partial charge in [0.05, 0.1) is 11.8 Å². The van der Waals surface area contributed by atoms with Gasteiger partial charge in [-0.25, -0.2) is 0 Å². The molecule has 2 N–H and O–H groups in total. The number of halogens is 1. The summed E-state index contributed by atoms with van der Waals surface area (Å²) in [6.45, 7) is 0. The number of amides is 1. The summed E-state index contributed by atoms with van der Waals surface area (Å²) >= 11 is 5.97. The number of carboxylic acid groups (broad SMARTS) is 1. The topological polar surface area (TPSA) is 75.6 Å². The van der Waals surface area contributed by atoms with Crippen LogP contribution in [0.2, 0.25) is 5.02 Å². The van der Waals surface area contributed by atoms with E-state index in [1.807, 2.05) is 18.2 Å². The Morgan fingerprint density at radius 1 is 0.966 bits per heavy atom. The third-order valence-electron chi connectivity index (χ3n) is 6.39. The average molecular weight is 410 g/mol. The molecule has 0 unspecified atom stereocenters. The molecule has 6 rings (SSSR count). The second kappa shape index (κ2) is 6.92. The number of carbonyl (C=O) groups is 2. The van der Waals surface area contributed by atoms with E-state index in [-0.39, 0.29) is 17.7 Å². The molecule has 5 nitrogen and oxygen atoms in total. The monoisotopic (exact) mass is 409 g/mol. The number of fused-ring (bicyclic) bond motifs is 1. The third-order valence-corrected chi connectivity index (χ3v) is 6.63. The number of aliphatic carboxylic acids is 1. The first kappa shape index (κ1) is 18.3. The lowest BCUT2D eigenvalue weighted by molar-refractivity contribution is -0.152. The largest absolute Gasteiger partial charge is 0.481 e. The van der Waals surface area contributed by atoms with Crippen LogP contribution in [0, 0.1) is 35.5 Å². The number of ether oxygens (including phenoxy) is 1. The number of rotatable bonds is 5. The molecule has 6 atom stereocenters. The van der Waals surface area contributed by atoms with Gasteiger partial charge in [0.2, 0.25) is 5.91 Å². The number of benzene rings is 2. The van der Waals surface area contributed by atoms with Crippen molar-refractivity contribution in [1.82, 2.24) is 0 Å². The molecule has 0 spiro atoms. The van der Waals surface area contributed by atoms with Gasteiger partial charge in [0.1, 0.15) is 11.5 Å². The Kier molecular flexibility index (Phi) is 4.36. The minimum atomic E-state index is -0.875. The van der Waals surface area contributed by atoms with Crippen molar-refractivity contribution in [2.45, 2.75) is 6.42 Å². The van der Waals surface area contributed by atoms with E-state index in [0.717, 1.165) is 6.42 Å². The predicted molar refractivity (Wildman–Crippen MR) is 109 cm³/mol. The van der Waals surface area contributed by atoms with E-state index in [9.17, 15) is 14.7 Å². The van der Waals surface area contributed by atoms with E-state index in [1.54, 1.807) is 36.4 Å². The molecule has 0 aliphatic heterocycles. The zero-order valence-electron chi connectivity index (χ0n) is 15.5. The van der Waals surface area contributed by atoms with Crippen molar-refractivity contribution in [1.29, 1.82) is 0 Å². The minimum absolute atomic E-state index is 0.0216. The highest BCUT2D eigenvalue weighted by Crippen LogP contribution is 2.63. The van der Waals surface area contributed by atoms with Crippen LogP contribution in [0.4, 0.5) is 5.69 Å².